The zero-order valence-electron chi connectivity index (χ0n) is 29.8. The molecule has 14 heteroatoms. The van der Waals surface area contributed by atoms with Crippen LogP contribution in [0.1, 0.15) is 78.2 Å². The number of aliphatic hydroxyl groups is 3. The van der Waals surface area contributed by atoms with Gasteiger partial charge in [-0.05, 0) is 13.0 Å². The summed E-state index contributed by atoms with van der Waals surface area (Å²) in [6.45, 7) is 9.87. The van der Waals surface area contributed by atoms with Gasteiger partial charge >= 0.3 is 11.8 Å². The number of hydrogen-bond acceptors (Lipinski definition) is 13. The maximum absolute atomic E-state index is 13.9. The van der Waals surface area contributed by atoms with Crippen LogP contribution in [0, 0.1) is 30.6 Å². The van der Waals surface area contributed by atoms with E-state index in [1.54, 1.807) is 33.8 Å². The van der Waals surface area contributed by atoms with Crippen LogP contribution in [0.3, 0.4) is 0 Å². The Morgan fingerprint density at radius 2 is 1.65 bits per heavy atom. The van der Waals surface area contributed by atoms with Crippen LogP contribution in [0.25, 0.3) is 0 Å². The molecule has 0 aromatic heterocycles. The fraction of sp³-hybridized carbons (Fsp3) is 0.486. The van der Waals surface area contributed by atoms with Crippen molar-refractivity contribution in [1.29, 1.82) is 0 Å². The molecule has 3 heterocycles. The predicted octanol–water partition coefficient (Wildman–Crippen LogP) is 2.60. The Morgan fingerprint density at radius 3 is 2.25 bits per heavy atom. The first-order valence-corrected chi connectivity index (χ1v) is 16.5. The molecule has 0 unspecified atom stereocenters. The molecule has 0 saturated heterocycles. The van der Waals surface area contributed by atoms with E-state index < -0.39 is 112 Å². The van der Waals surface area contributed by atoms with Crippen LogP contribution in [0.15, 0.2) is 47.9 Å². The van der Waals surface area contributed by atoms with E-state index >= 15 is 0 Å². The summed E-state index contributed by atoms with van der Waals surface area (Å²) in [5.41, 5.74) is -1.94. The minimum absolute atomic E-state index is 0.0283. The largest absolute Gasteiger partial charge is 0.507 e. The summed E-state index contributed by atoms with van der Waals surface area (Å²) in [5, 5.41) is 45.9. The van der Waals surface area contributed by atoms with Crippen molar-refractivity contribution < 1.29 is 63.3 Å². The summed E-state index contributed by atoms with van der Waals surface area (Å²) in [5.74, 6) is -9.68. The van der Waals surface area contributed by atoms with Crippen molar-refractivity contribution in [2.24, 2.45) is 23.7 Å². The van der Waals surface area contributed by atoms with Crippen LogP contribution in [0.2, 0.25) is 0 Å². The first kappa shape index (κ1) is 39.2. The van der Waals surface area contributed by atoms with E-state index in [0.29, 0.717) is 0 Å². The zero-order valence-corrected chi connectivity index (χ0v) is 29.8. The summed E-state index contributed by atoms with van der Waals surface area (Å²) >= 11 is 0. The number of phenols is 1. The molecular weight excluding hydrogens is 666 g/mol. The number of hydrogen-bond donors (Lipinski definition) is 5. The number of amides is 1. The van der Waals surface area contributed by atoms with Gasteiger partial charge in [-0.1, -0.05) is 45.9 Å². The Hall–Kier alpha value is -4.63. The van der Waals surface area contributed by atoms with Gasteiger partial charge in [0.25, 0.3) is 11.7 Å². The van der Waals surface area contributed by atoms with Crippen molar-refractivity contribution in [3.63, 3.8) is 0 Å². The number of Topliss-reactive ketones (excluding diaryl/α,β-unsaturated/α-hetero) is 2. The molecule has 1 aromatic rings. The van der Waals surface area contributed by atoms with Gasteiger partial charge in [0, 0.05) is 61.8 Å². The smallest absolute Gasteiger partial charge is 0.312 e. The van der Waals surface area contributed by atoms with E-state index in [1.165, 1.54) is 46.1 Å². The van der Waals surface area contributed by atoms with Gasteiger partial charge in [0.1, 0.15) is 17.6 Å². The Kier molecular flexibility index (Phi) is 11.8. The third kappa shape index (κ3) is 7.40. The number of methoxy groups -OCH3 is 1. The molecule has 5 rings (SSSR count). The predicted molar refractivity (Wildman–Crippen MR) is 181 cm³/mol. The number of carbonyl (C=O) groups excluding carboxylic acids is 5. The van der Waals surface area contributed by atoms with E-state index in [2.05, 4.69) is 5.32 Å². The molecule has 276 valence electrons. The highest BCUT2D eigenvalue weighted by molar-refractivity contribution is 6.30. The lowest BCUT2D eigenvalue weighted by molar-refractivity contribution is -0.160. The highest BCUT2D eigenvalue weighted by Gasteiger charge is 2.51. The molecule has 1 amide bonds. The van der Waals surface area contributed by atoms with Crippen molar-refractivity contribution in [2.75, 3.05) is 13.7 Å². The fourth-order valence-corrected chi connectivity index (χ4v) is 6.70. The van der Waals surface area contributed by atoms with Gasteiger partial charge in [0.15, 0.2) is 5.78 Å². The molecule has 0 saturated carbocycles. The number of carbonyl (C=O) groups is 5. The van der Waals surface area contributed by atoms with Crippen LogP contribution >= 0.6 is 0 Å². The summed E-state index contributed by atoms with van der Waals surface area (Å²) in [6.07, 6.45) is 3.65. The minimum atomic E-state index is -2.06. The van der Waals surface area contributed by atoms with E-state index in [0.717, 1.165) is 12.3 Å². The van der Waals surface area contributed by atoms with E-state index in [-0.39, 0.29) is 22.4 Å². The summed E-state index contributed by atoms with van der Waals surface area (Å²) in [7, 11) is 1.41. The minimum Gasteiger partial charge on any atom is -0.507 e. The number of esters is 1. The quantitative estimate of drug-likeness (QED) is 0.286. The molecule has 1 aromatic carbocycles. The van der Waals surface area contributed by atoms with Gasteiger partial charge in [-0.2, -0.15) is 0 Å². The molecule has 5 N–H and O–H groups in total. The molecule has 3 aliphatic heterocycles. The molecule has 0 spiro atoms. The maximum Gasteiger partial charge on any atom is 0.312 e. The van der Waals surface area contributed by atoms with Crippen molar-refractivity contribution >= 4 is 29.2 Å². The van der Waals surface area contributed by atoms with Crippen LogP contribution in [-0.2, 0) is 23.8 Å². The molecule has 5 bridgehead atoms. The second-order valence-electron chi connectivity index (χ2n) is 13.4. The van der Waals surface area contributed by atoms with E-state index in [1.807, 2.05) is 0 Å². The monoisotopic (exact) mass is 711 g/mol. The van der Waals surface area contributed by atoms with Crippen molar-refractivity contribution in [3.8, 4) is 11.5 Å². The van der Waals surface area contributed by atoms with Crippen LogP contribution < -0.4 is 10.1 Å². The second-order valence-corrected chi connectivity index (χ2v) is 13.4. The van der Waals surface area contributed by atoms with Crippen LogP contribution in [0.5, 0.6) is 11.5 Å². The first-order chi connectivity index (χ1) is 23.9. The summed E-state index contributed by atoms with van der Waals surface area (Å²) in [6, 6.07) is 0. The lowest BCUT2D eigenvalue weighted by Gasteiger charge is -2.38. The van der Waals surface area contributed by atoms with Gasteiger partial charge in [0.2, 0.25) is 5.78 Å². The van der Waals surface area contributed by atoms with Gasteiger partial charge in [-0.25, -0.2) is 0 Å². The summed E-state index contributed by atoms with van der Waals surface area (Å²) in [4.78, 5) is 66.3. The zero-order chi connectivity index (χ0) is 38.1. The first-order valence-electron chi connectivity index (χ1n) is 16.5. The van der Waals surface area contributed by atoms with Crippen molar-refractivity contribution in [3.05, 3.63) is 70.2 Å². The lowest BCUT2D eigenvalue weighted by Crippen LogP contribution is -2.46. The third-order valence-corrected chi connectivity index (χ3v) is 9.86. The van der Waals surface area contributed by atoms with Crippen LogP contribution in [0.4, 0.5) is 0 Å². The Morgan fingerprint density at radius 1 is 0.980 bits per heavy atom. The van der Waals surface area contributed by atoms with Crippen molar-refractivity contribution in [1.82, 2.24) is 5.32 Å². The third-order valence-electron chi connectivity index (χ3n) is 9.86. The number of phenolic OH excluding ortho intramolecular Hbond substituents is 1. The Balaban J connectivity index is 1.85. The number of aliphatic hydroxyl groups excluding tert-OH is 3. The molecule has 0 fully saturated rings. The SMILES string of the molecule is CO[C@H]1/C=C/O[C@@]2(C)Oc3c(C)c(O)c4c(c3C2=O)C(=O)C=C(NC(=O)/C(CO)=C\C=C\[C@H](C)[C@H](O)[C@@H](C)[C@@H](O)[C@@H](C)[C@H](OC(C)=O)[C@@H]1C)C4=O. The molecule has 51 heavy (non-hydrogen) atoms. The number of fused-ring (bicyclic) bond motifs is 14. The molecule has 14 nitrogen and oxygen atoms in total. The van der Waals surface area contributed by atoms with Gasteiger partial charge < -0.3 is 44.7 Å². The summed E-state index contributed by atoms with van der Waals surface area (Å²) < 4.78 is 23.0. The molecule has 4 aliphatic rings. The average Bonchev–Trinajstić information content (AvgIpc) is 3.35. The highest BCUT2D eigenvalue weighted by atomic mass is 16.7. The molecule has 1 aliphatic carbocycles. The number of allylic oxidation sites excluding steroid dienone is 4. The number of nitrogens with one attached hydrogen (secondary N) is 1. The molecule has 9 atom stereocenters. The van der Waals surface area contributed by atoms with Crippen LogP contribution in [-0.4, -0.2) is 93.6 Å². The number of benzene rings is 1. The maximum atomic E-state index is 13.9. The topological polar surface area (TPSA) is 215 Å². The standard InChI is InChI=1S/C37H45NO13/c1-16-10-9-11-22(15-39)36(47)38-23-14-24(41)26-27(32(23)45)31(44)20(5)34-28(26)35(46)37(7,51-34)49-13-12-25(48-8)17(2)33(50-21(6)40)19(4)30(43)18(3)29(16)42/h9-14,16-19,25,29-30,33,39,42-44H,15H2,1-8H3,(H,38,47)/b10-9+,13-12+,22-11-/t16-,17+,18+,19+,25-,29-,30+,33+,37-/m0/s1. The molecular formula is C37H45NO13. The van der Waals surface area contributed by atoms with Gasteiger partial charge in [-0.3, -0.25) is 24.0 Å². The lowest BCUT2D eigenvalue weighted by atomic mass is 9.78. The average molecular weight is 712 g/mol. The number of rotatable bonds is 3. The Labute approximate surface area is 295 Å². The van der Waals surface area contributed by atoms with Crippen molar-refractivity contribution in [2.45, 2.75) is 78.7 Å². The van der Waals surface area contributed by atoms with Gasteiger partial charge in [0.05, 0.1) is 53.6 Å². The second kappa shape index (κ2) is 15.3. The van der Waals surface area contributed by atoms with E-state index in [4.69, 9.17) is 18.9 Å². The number of ketones is 3. The normalized spacial score (nSPS) is 34.0. The van der Waals surface area contributed by atoms with E-state index in [9.17, 15) is 44.4 Å². The molecule has 0 radical (unpaired) electrons. The van der Waals surface area contributed by atoms with Gasteiger partial charge in [-0.15, -0.1) is 0 Å². The Bertz CT molecular complexity index is 1740. The highest BCUT2D eigenvalue weighted by Crippen LogP contribution is 2.47. The number of aromatic hydroxyl groups is 1. The number of ether oxygens (including phenoxy) is 4. The fourth-order valence-electron chi connectivity index (χ4n) is 6.70.